The summed E-state index contributed by atoms with van der Waals surface area (Å²) in [6.07, 6.45) is 6.57. The van der Waals surface area contributed by atoms with Gasteiger partial charge < -0.3 is 18.8 Å². The van der Waals surface area contributed by atoms with Crippen molar-refractivity contribution in [1.82, 2.24) is 34.9 Å². The topological polar surface area (TPSA) is 108 Å². The smallest absolute Gasteiger partial charge is 0.169 e. The second-order valence-corrected chi connectivity index (χ2v) is 8.32. The van der Waals surface area contributed by atoms with Gasteiger partial charge in [-0.2, -0.15) is 10.2 Å². The first-order chi connectivity index (χ1) is 18.5. The maximum absolute atomic E-state index is 13.5. The molecule has 12 heteroatoms. The number of fused-ring (bicyclic) bond motifs is 1. The Morgan fingerprint density at radius 2 is 1.89 bits per heavy atom. The van der Waals surface area contributed by atoms with E-state index in [0.717, 1.165) is 28.9 Å². The van der Waals surface area contributed by atoms with Gasteiger partial charge in [-0.3, -0.25) is 0 Å². The van der Waals surface area contributed by atoms with Crippen LogP contribution in [0.25, 0.3) is 33.7 Å². The van der Waals surface area contributed by atoms with E-state index >= 15 is 0 Å². The molecule has 0 aliphatic carbocycles. The Hall–Kier alpha value is -4.64. The molecular weight excluding hydrogens is 516 g/mol. The lowest BCUT2D eigenvalue weighted by Crippen LogP contribution is -2.02. The maximum Gasteiger partial charge on any atom is 0.169 e. The van der Waals surface area contributed by atoms with Crippen molar-refractivity contribution in [2.75, 3.05) is 0 Å². The number of hydrogen-bond acceptors (Lipinski definition) is 7. The molecule has 6 aromatic rings. The van der Waals surface area contributed by atoms with Crippen LogP contribution in [0.15, 0.2) is 77.8 Å². The second kappa shape index (κ2) is 11.2. The second-order valence-electron chi connectivity index (χ2n) is 8.05. The average molecular weight is 536 g/mol. The van der Waals surface area contributed by atoms with Gasteiger partial charge >= 0.3 is 0 Å². The predicted octanol–water partition coefficient (Wildman–Crippen LogP) is 5.69. The number of hydrogen-bond donors (Lipinski definition) is 1. The molecule has 9 nitrogen and oxygen atoms in total. The first-order valence-electron chi connectivity index (χ1n) is 11.3. The molecule has 4 heterocycles. The van der Waals surface area contributed by atoms with Crippen LogP contribution in [0.2, 0.25) is 0 Å². The number of ether oxygens (including phenoxy) is 1. The predicted molar refractivity (Wildman–Crippen MR) is 136 cm³/mol. The molecule has 0 aliphatic rings. The summed E-state index contributed by atoms with van der Waals surface area (Å²) in [5.41, 5.74) is 2.99. The summed E-state index contributed by atoms with van der Waals surface area (Å²) in [6, 6.07) is 13.4. The third kappa shape index (κ3) is 5.52. The largest absolute Gasteiger partial charge is 0.486 e. The third-order valence-corrected chi connectivity index (χ3v) is 5.79. The SMILES string of the molecule is Cn1ccnc1COc1ccc(-c2cc(CCl)on2)cc1.Fc1cccc(-c2nc3cnncc3[nH]2)c1F. The number of alkyl halides is 1. The van der Waals surface area contributed by atoms with Crippen molar-refractivity contribution in [2.45, 2.75) is 12.5 Å². The minimum absolute atomic E-state index is 0.0844. The van der Waals surface area contributed by atoms with Crippen LogP contribution in [0.3, 0.4) is 0 Å². The first kappa shape index (κ1) is 25.0. The van der Waals surface area contributed by atoms with Gasteiger partial charge in [-0.05, 0) is 36.4 Å². The van der Waals surface area contributed by atoms with E-state index in [-0.39, 0.29) is 11.4 Å². The molecule has 0 bridgehead atoms. The molecular formula is C26H20ClF2N7O2. The number of aromatic nitrogens is 7. The Balaban J connectivity index is 0.000000158. The number of aromatic amines is 1. The van der Waals surface area contributed by atoms with E-state index in [9.17, 15) is 8.78 Å². The van der Waals surface area contributed by atoms with Crippen molar-refractivity contribution < 1.29 is 18.0 Å². The number of aryl methyl sites for hydroxylation is 1. The zero-order valence-electron chi connectivity index (χ0n) is 20.0. The van der Waals surface area contributed by atoms with Crippen LogP contribution in [0, 0.1) is 11.6 Å². The van der Waals surface area contributed by atoms with Crippen molar-refractivity contribution >= 4 is 22.6 Å². The number of nitrogens with one attached hydrogen (secondary N) is 1. The van der Waals surface area contributed by atoms with Gasteiger partial charge in [0, 0.05) is 31.1 Å². The van der Waals surface area contributed by atoms with Crippen LogP contribution in [0.5, 0.6) is 5.75 Å². The summed E-state index contributed by atoms with van der Waals surface area (Å²) in [5.74, 6) is 1.06. The van der Waals surface area contributed by atoms with Gasteiger partial charge in [0.05, 0.1) is 29.4 Å². The van der Waals surface area contributed by atoms with Gasteiger partial charge in [0.1, 0.15) is 35.2 Å². The lowest BCUT2D eigenvalue weighted by Gasteiger charge is -2.06. The minimum atomic E-state index is -0.924. The zero-order valence-corrected chi connectivity index (χ0v) is 20.7. The normalized spacial score (nSPS) is 10.8. The van der Waals surface area contributed by atoms with Crippen molar-refractivity contribution in [1.29, 1.82) is 0 Å². The minimum Gasteiger partial charge on any atom is -0.486 e. The molecule has 2 aromatic carbocycles. The quantitative estimate of drug-likeness (QED) is 0.273. The molecule has 1 N–H and O–H groups in total. The maximum atomic E-state index is 13.5. The third-order valence-electron chi connectivity index (χ3n) is 5.53. The molecule has 0 radical (unpaired) electrons. The highest BCUT2D eigenvalue weighted by Crippen LogP contribution is 2.24. The lowest BCUT2D eigenvalue weighted by atomic mass is 10.1. The monoisotopic (exact) mass is 535 g/mol. The Morgan fingerprint density at radius 3 is 2.61 bits per heavy atom. The standard InChI is InChI=1S/C15H14ClN3O2.C11H6F2N4/c1-19-7-6-17-15(19)10-20-12-4-2-11(3-5-12)14-8-13(9-16)21-18-14;12-7-3-1-2-6(10(7)13)11-16-8-4-14-15-5-9(8)17-11/h2-8H,9-10H2,1H3;1-5H,(H,16,17). The summed E-state index contributed by atoms with van der Waals surface area (Å²) in [6.45, 7) is 0.434. The molecule has 0 spiro atoms. The number of rotatable bonds is 6. The highest BCUT2D eigenvalue weighted by Gasteiger charge is 2.13. The van der Waals surface area contributed by atoms with Crippen LogP contribution in [-0.4, -0.2) is 34.9 Å². The van der Waals surface area contributed by atoms with Gasteiger partial charge in [0.25, 0.3) is 0 Å². The first-order valence-corrected chi connectivity index (χ1v) is 11.9. The van der Waals surface area contributed by atoms with E-state index in [1.54, 1.807) is 6.20 Å². The van der Waals surface area contributed by atoms with Crippen molar-refractivity contribution in [3.8, 4) is 28.4 Å². The molecule has 192 valence electrons. The highest BCUT2D eigenvalue weighted by atomic mass is 35.5. The average Bonchev–Trinajstić information content (AvgIpc) is 3.69. The van der Waals surface area contributed by atoms with E-state index in [1.807, 2.05) is 48.1 Å². The molecule has 4 aromatic heterocycles. The number of halogens is 3. The summed E-state index contributed by atoms with van der Waals surface area (Å²) >= 11 is 5.69. The van der Waals surface area contributed by atoms with Gasteiger partial charge in [-0.15, -0.1) is 11.6 Å². The van der Waals surface area contributed by atoms with Crippen molar-refractivity contribution in [2.24, 2.45) is 7.05 Å². The van der Waals surface area contributed by atoms with E-state index in [1.165, 1.54) is 24.5 Å². The number of benzene rings is 2. The molecule has 0 saturated carbocycles. The van der Waals surface area contributed by atoms with E-state index in [4.69, 9.17) is 20.9 Å². The van der Waals surface area contributed by atoms with E-state index in [0.29, 0.717) is 29.3 Å². The molecule has 0 aliphatic heterocycles. The number of nitrogens with zero attached hydrogens (tertiary/aromatic N) is 6. The zero-order chi connectivity index (χ0) is 26.5. The van der Waals surface area contributed by atoms with Gasteiger partial charge in [0.15, 0.2) is 17.4 Å². The van der Waals surface area contributed by atoms with Crippen molar-refractivity contribution in [3.63, 3.8) is 0 Å². The fourth-order valence-electron chi connectivity index (χ4n) is 3.51. The fraction of sp³-hybridized carbons (Fsp3) is 0.115. The van der Waals surface area contributed by atoms with E-state index in [2.05, 4.69) is 30.3 Å². The summed E-state index contributed by atoms with van der Waals surface area (Å²) in [5, 5.41) is 11.3. The van der Waals surface area contributed by atoms with Gasteiger partial charge in [-0.25, -0.2) is 18.7 Å². The molecule has 0 amide bonds. The number of imidazole rings is 2. The highest BCUT2D eigenvalue weighted by molar-refractivity contribution is 6.16. The van der Waals surface area contributed by atoms with Crippen LogP contribution in [0.4, 0.5) is 8.78 Å². The Labute approximate surface area is 220 Å². The van der Waals surface area contributed by atoms with Crippen LogP contribution in [0.1, 0.15) is 11.6 Å². The molecule has 38 heavy (non-hydrogen) atoms. The molecule has 0 unspecified atom stereocenters. The fourth-order valence-corrected chi connectivity index (χ4v) is 3.63. The van der Waals surface area contributed by atoms with E-state index < -0.39 is 11.6 Å². The lowest BCUT2D eigenvalue weighted by molar-refractivity contribution is 0.292. The summed E-state index contributed by atoms with van der Waals surface area (Å²) in [4.78, 5) is 11.2. The Morgan fingerprint density at radius 1 is 1.08 bits per heavy atom. The van der Waals surface area contributed by atoms with Gasteiger partial charge in [0.2, 0.25) is 0 Å². The van der Waals surface area contributed by atoms with Crippen LogP contribution in [-0.2, 0) is 19.5 Å². The van der Waals surface area contributed by atoms with Crippen LogP contribution < -0.4 is 4.74 Å². The van der Waals surface area contributed by atoms with Crippen molar-refractivity contribution in [3.05, 3.63) is 96.5 Å². The summed E-state index contributed by atoms with van der Waals surface area (Å²) < 4.78 is 39.3. The Kier molecular flexibility index (Phi) is 7.36. The molecule has 0 fully saturated rings. The Bertz CT molecular complexity index is 1630. The molecule has 0 atom stereocenters. The number of H-pyrrole nitrogens is 1. The van der Waals surface area contributed by atoms with Crippen LogP contribution >= 0.6 is 11.6 Å². The van der Waals surface area contributed by atoms with Gasteiger partial charge in [-0.1, -0.05) is 11.2 Å². The molecule has 0 saturated heterocycles. The molecule has 6 rings (SSSR count). The summed E-state index contributed by atoms with van der Waals surface area (Å²) in [7, 11) is 1.94.